The van der Waals surface area contributed by atoms with Gasteiger partial charge in [-0.1, -0.05) is 38.0 Å². The molecule has 0 radical (unpaired) electrons. The lowest BCUT2D eigenvalue weighted by Gasteiger charge is -2.17. The van der Waals surface area contributed by atoms with Crippen LogP contribution in [0.5, 0.6) is 0 Å². The predicted octanol–water partition coefficient (Wildman–Crippen LogP) is 3.39. The molecule has 0 unspecified atom stereocenters. The van der Waals surface area contributed by atoms with Gasteiger partial charge in [-0.25, -0.2) is 0 Å². The molecule has 0 aliphatic rings. The van der Waals surface area contributed by atoms with Crippen LogP contribution < -0.4 is 5.32 Å². The summed E-state index contributed by atoms with van der Waals surface area (Å²) < 4.78 is 6.03. The highest BCUT2D eigenvalue weighted by Gasteiger charge is 2.15. The lowest BCUT2D eigenvalue weighted by Crippen LogP contribution is -2.24. The molecule has 1 heterocycles. The highest BCUT2D eigenvalue weighted by atomic mass is 16.3. The largest absolute Gasteiger partial charge is 0.459 e. The van der Waals surface area contributed by atoms with Crippen LogP contribution in [0.2, 0.25) is 0 Å². The van der Waals surface area contributed by atoms with Gasteiger partial charge in [0.25, 0.3) is 0 Å². The summed E-state index contributed by atoms with van der Waals surface area (Å²) in [5, 5.41) is 4.62. The molecule has 0 saturated carbocycles. The number of furan rings is 1. The topological polar surface area (TPSA) is 28.4 Å². The van der Waals surface area contributed by atoms with E-state index in [4.69, 9.17) is 10.8 Å². The molecule has 2 aromatic rings. The van der Waals surface area contributed by atoms with Crippen LogP contribution in [-0.2, 0) is 13.1 Å². The van der Waals surface area contributed by atoms with Gasteiger partial charge in [0.1, 0.15) is 11.3 Å². The molecule has 1 aromatic heterocycles. The number of fused-ring (bicyclic) bond motifs is 1. The van der Waals surface area contributed by atoms with Crippen LogP contribution in [0.3, 0.4) is 0 Å². The lowest BCUT2D eigenvalue weighted by molar-refractivity contribution is 0.313. The van der Waals surface area contributed by atoms with Gasteiger partial charge in [0.2, 0.25) is 0 Å². The van der Waals surface area contributed by atoms with Gasteiger partial charge in [-0.3, -0.25) is 4.90 Å². The van der Waals surface area contributed by atoms with E-state index in [0.717, 1.165) is 43.9 Å². The maximum absolute atomic E-state index is 6.03. The second-order valence-electron chi connectivity index (χ2n) is 5.18. The van der Waals surface area contributed by atoms with Crippen molar-refractivity contribution in [3.8, 4) is 12.3 Å². The molecular weight excluding hydrogens is 260 g/mol. The maximum Gasteiger partial charge on any atom is 0.134 e. The second-order valence-corrected chi connectivity index (χ2v) is 5.18. The first kappa shape index (κ1) is 15.6. The van der Waals surface area contributed by atoms with E-state index in [2.05, 4.69) is 42.1 Å². The Kier molecular flexibility index (Phi) is 5.86. The molecule has 112 valence electrons. The molecule has 21 heavy (non-hydrogen) atoms. The summed E-state index contributed by atoms with van der Waals surface area (Å²) in [6.07, 6.45) is 6.57. The van der Waals surface area contributed by atoms with Crippen molar-refractivity contribution in [2.75, 3.05) is 19.6 Å². The molecule has 3 nitrogen and oxygen atoms in total. The first-order chi connectivity index (χ1) is 10.3. The van der Waals surface area contributed by atoms with Crippen molar-refractivity contribution in [1.29, 1.82) is 0 Å². The maximum atomic E-state index is 6.03. The van der Waals surface area contributed by atoms with Crippen LogP contribution in [0.4, 0.5) is 0 Å². The highest BCUT2D eigenvalue weighted by Crippen LogP contribution is 2.27. The van der Waals surface area contributed by atoms with Gasteiger partial charge < -0.3 is 9.73 Å². The van der Waals surface area contributed by atoms with Gasteiger partial charge in [-0.15, -0.1) is 6.42 Å². The zero-order valence-corrected chi connectivity index (χ0v) is 13.0. The Bertz CT molecular complexity index is 609. The molecule has 0 spiro atoms. The van der Waals surface area contributed by atoms with E-state index < -0.39 is 0 Å². The van der Waals surface area contributed by atoms with Gasteiger partial charge in [0.15, 0.2) is 0 Å². The molecular formula is C18H24N2O. The number of benzene rings is 1. The Morgan fingerprint density at radius 2 is 2.10 bits per heavy atom. The summed E-state index contributed by atoms with van der Waals surface area (Å²) in [6.45, 7) is 8.50. The molecule has 0 aliphatic heterocycles. The third-order valence-corrected chi connectivity index (χ3v) is 3.64. The summed E-state index contributed by atoms with van der Waals surface area (Å²) in [4.78, 5) is 2.25. The summed E-state index contributed by atoms with van der Waals surface area (Å²) in [5.74, 6) is 3.76. The van der Waals surface area contributed by atoms with E-state index in [-0.39, 0.29) is 0 Å². The Balaban J connectivity index is 2.28. The molecule has 1 aromatic carbocycles. The van der Waals surface area contributed by atoms with Crippen molar-refractivity contribution < 1.29 is 4.42 Å². The predicted molar refractivity (Wildman–Crippen MR) is 88.0 cm³/mol. The smallest absolute Gasteiger partial charge is 0.134 e. The van der Waals surface area contributed by atoms with Crippen LogP contribution in [0, 0.1) is 12.3 Å². The standard InChI is InChI=1S/C18H24N2O/c1-4-11-19-13-18-16(14-20(6-3)12-5-2)15-9-7-8-10-17(15)21-18/h2,7-10,19H,4,6,11-14H2,1,3H3. The minimum absolute atomic E-state index is 0.665. The van der Waals surface area contributed by atoms with Crippen LogP contribution in [-0.4, -0.2) is 24.5 Å². The Labute approximate surface area is 127 Å². The summed E-state index contributed by atoms with van der Waals surface area (Å²) >= 11 is 0. The van der Waals surface area contributed by atoms with Crippen LogP contribution in [0.15, 0.2) is 28.7 Å². The molecule has 1 N–H and O–H groups in total. The van der Waals surface area contributed by atoms with Crippen LogP contribution in [0.25, 0.3) is 11.0 Å². The Hall–Kier alpha value is -1.76. The molecule has 2 rings (SSSR count). The fourth-order valence-electron chi connectivity index (χ4n) is 2.48. The normalized spacial score (nSPS) is 11.1. The molecule has 0 amide bonds. The lowest BCUT2D eigenvalue weighted by atomic mass is 10.1. The monoisotopic (exact) mass is 284 g/mol. The van der Waals surface area contributed by atoms with Crippen molar-refractivity contribution in [2.24, 2.45) is 0 Å². The third-order valence-electron chi connectivity index (χ3n) is 3.64. The number of nitrogens with one attached hydrogen (secondary N) is 1. The second kappa shape index (κ2) is 7.87. The third kappa shape index (κ3) is 3.87. The molecule has 0 bridgehead atoms. The zero-order valence-electron chi connectivity index (χ0n) is 13.0. The Morgan fingerprint density at radius 1 is 1.29 bits per heavy atom. The fraction of sp³-hybridized carbons (Fsp3) is 0.444. The number of terminal acetylenes is 1. The van der Waals surface area contributed by atoms with E-state index in [1.807, 2.05) is 12.1 Å². The molecule has 0 saturated heterocycles. The molecule has 0 atom stereocenters. The highest BCUT2D eigenvalue weighted by molar-refractivity contribution is 5.82. The molecule has 0 aliphatic carbocycles. The van der Waals surface area contributed by atoms with Gasteiger partial charge in [-0.2, -0.15) is 0 Å². The van der Waals surface area contributed by atoms with E-state index in [1.54, 1.807) is 0 Å². The van der Waals surface area contributed by atoms with Gasteiger partial charge in [0.05, 0.1) is 13.1 Å². The average Bonchev–Trinajstić information content (AvgIpc) is 2.85. The fourth-order valence-corrected chi connectivity index (χ4v) is 2.48. The van der Waals surface area contributed by atoms with Gasteiger partial charge in [-0.05, 0) is 25.6 Å². The number of nitrogens with zero attached hydrogens (tertiary/aromatic N) is 1. The van der Waals surface area contributed by atoms with Crippen molar-refractivity contribution in [1.82, 2.24) is 10.2 Å². The number of hydrogen-bond donors (Lipinski definition) is 1. The zero-order chi connectivity index (χ0) is 15.1. The van der Waals surface area contributed by atoms with Gasteiger partial charge >= 0.3 is 0 Å². The van der Waals surface area contributed by atoms with Crippen molar-refractivity contribution >= 4 is 11.0 Å². The number of rotatable bonds is 8. The number of hydrogen-bond acceptors (Lipinski definition) is 3. The van der Waals surface area contributed by atoms with Crippen molar-refractivity contribution in [3.05, 3.63) is 35.6 Å². The molecule has 3 heteroatoms. The van der Waals surface area contributed by atoms with Crippen molar-refractivity contribution in [2.45, 2.75) is 33.4 Å². The van der Waals surface area contributed by atoms with Crippen molar-refractivity contribution in [3.63, 3.8) is 0 Å². The van der Waals surface area contributed by atoms with Crippen LogP contribution >= 0.6 is 0 Å². The minimum Gasteiger partial charge on any atom is -0.459 e. The van der Waals surface area contributed by atoms with E-state index in [0.29, 0.717) is 6.54 Å². The van der Waals surface area contributed by atoms with E-state index >= 15 is 0 Å². The van der Waals surface area contributed by atoms with Crippen LogP contribution in [0.1, 0.15) is 31.6 Å². The summed E-state index contributed by atoms with van der Waals surface area (Å²) in [6, 6.07) is 8.22. The average molecular weight is 284 g/mol. The summed E-state index contributed by atoms with van der Waals surface area (Å²) in [5.41, 5.74) is 2.21. The van der Waals surface area contributed by atoms with E-state index in [9.17, 15) is 0 Å². The molecule has 0 fully saturated rings. The first-order valence-corrected chi connectivity index (χ1v) is 7.65. The summed E-state index contributed by atoms with van der Waals surface area (Å²) in [7, 11) is 0. The van der Waals surface area contributed by atoms with E-state index in [1.165, 1.54) is 10.9 Å². The quantitative estimate of drug-likeness (QED) is 0.595. The SMILES string of the molecule is C#CCN(CC)Cc1c(CNCCC)oc2ccccc12. The van der Waals surface area contributed by atoms with Gasteiger partial charge in [0, 0.05) is 17.5 Å². The number of para-hydroxylation sites is 1. The first-order valence-electron chi connectivity index (χ1n) is 7.65. The Morgan fingerprint density at radius 3 is 2.81 bits per heavy atom. The minimum atomic E-state index is 0.665.